The molecule has 0 unspecified atom stereocenters. The quantitative estimate of drug-likeness (QED) is 0.772. The fourth-order valence-corrected chi connectivity index (χ4v) is 2.21. The molecule has 0 aromatic heterocycles. The molecule has 0 heterocycles. The first-order chi connectivity index (χ1) is 12.1. The van der Waals surface area contributed by atoms with Gasteiger partial charge in [-0.2, -0.15) is 0 Å². The second-order valence-corrected chi connectivity index (χ2v) is 5.40. The first-order valence-corrected chi connectivity index (χ1v) is 8.10. The van der Waals surface area contributed by atoms with Gasteiger partial charge in [0.25, 0.3) is 11.8 Å². The molecule has 0 aliphatic carbocycles. The smallest absolute Gasteiger partial charge is 0.257 e. The number of amides is 2. The second kappa shape index (κ2) is 9.42. The van der Waals surface area contributed by atoms with Crippen molar-refractivity contribution >= 4 is 11.8 Å². The average molecular weight is 344 g/mol. The summed E-state index contributed by atoms with van der Waals surface area (Å²) in [6.07, 6.45) is 0.553. The lowest BCUT2D eigenvalue weighted by atomic mass is 10.1. The van der Waals surface area contributed by atoms with Crippen LogP contribution >= 0.6 is 0 Å². The van der Waals surface area contributed by atoms with Crippen LogP contribution in [0.25, 0.3) is 0 Å². The third-order valence-electron chi connectivity index (χ3n) is 3.45. The summed E-state index contributed by atoms with van der Waals surface area (Å²) in [5.41, 5.74) is 1.32. The van der Waals surface area contributed by atoms with Crippen LogP contribution in [0.15, 0.2) is 48.5 Å². The van der Waals surface area contributed by atoms with Crippen molar-refractivity contribution in [2.24, 2.45) is 0 Å². The molecular weight excluding hydrogens is 323 g/mol. The Morgan fingerprint density at radius 1 is 1.08 bits per heavy atom. The lowest BCUT2D eigenvalue weighted by Crippen LogP contribution is -2.28. The summed E-state index contributed by atoms with van der Waals surface area (Å²) in [5.74, 6) is -0.178. The SMILES string of the molecule is CCNC(=O)COc1ccc(C(=O)NCCc2cccc(F)c2)cc1. The van der Waals surface area contributed by atoms with Crippen molar-refractivity contribution in [2.75, 3.05) is 19.7 Å². The zero-order chi connectivity index (χ0) is 18.1. The highest BCUT2D eigenvalue weighted by molar-refractivity contribution is 5.94. The van der Waals surface area contributed by atoms with Gasteiger partial charge >= 0.3 is 0 Å². The van der Waals surface area contributed by atoms with Crippen molar-refractivity contribution in [3.05, 3.63) is 65.5 Å². The Morgan fingerprint density at radius 2 is 1.84 bits per heavy atom. The fourth-order valence-electron chi connectivity index (χ4n) is 2.21. The van der Waals surface area contributed by atoms with E-state index in [4.69, 9.17) is 4.74 Å². The summed E-state index contributed by atoms with van der Waals surface area (Å²) in [7, 11) is 0. The molecule has 0 saturated carbocycles. The monoisotopic (exact) mass is 344 g/mol. The molecule has 25 heavy (non-hydrogen) atoms. The summed E-state index contributed by atoms with van der Waals surface area (Å²) in [6.45, 7) is 2.74. The number of rotatable bonds is 8. The Morgan fingerprint density at radius 3 is 2.52 bits per heavy atom. The van der Waals surface area contributed by atoms with Gasteiger partial charge in [-0.3, -0.25) is 9.59 Å². The number of halogens is 1. The molecule has 2 N–H and O–H groups in total. The number of carbonyl (C=O) groups excluding carboxylic acids is 2. The van der Waals surface area contributed by atoms with E-state index in [9.17, 15) is 14.0 Å². The third kappa shape index (κ3) is 6.25. The van der Waals surface area contributed by atoms with Gasteiger partial charge in [-0.1, -0.05) is 12.1 Å². The minimum atomic E-state index is -0.285. The van der Waals surface area contributed by atoms with Crippen molar-refractivity contribution in [1.29, 1.82) is 0 Å². The third-order valence-corrected chi connectivity index (χ3v) is 3.45. The largest absolute Gasteiger partial charge is 0.484 e. The van der Waals surface area contributed by atoms with E-state index in [1.165, 1.54) is 12.1 Å². The van der Waals surface area contributed by atoms with Crippen molar-refractivity contribution in [1.82, 2.24) is 10.6 Å². The molecule has 2 amide bonds. The number of carbonyl (C=O) groups is 2. The maximum atomic E-state index is 13.1. The predicted molar refractivity (Wildman–Crippen MR) is 93.1 cm³/mol. The van der Waals surface area contributed by atoms with E-state index in [2.05, 4.69) is 10.6 Å². The van der Waals surface area contributed by atoms with Gasteiger partial charge in [0, 0.05) is 18.7 Å². The number of benzene rings is 2. The van der Waals surface area contributed by atoms with Crippen molar-refractivity contribution in [2.45, 2.75) is 13.3 Å². The zero-order valence-electron chi connectivity index (χ0n) is 14.0. The number of hydrogen-bond donors (Lipinski definition) is 2. The van der Waals surface area contributed by atoms with Crippen LogP contribution in [0.5, 0.6) is 5.75 Å². The first-order valence-electron chi connectivity index (χ1n) is 8.10. The van der Waals surface area contributed by atoms with E-state index in [-0.39, 0.29) is 24.2 Å². The molecular formula is C19H21FN2O3. The lowest BCUT2D eigenvalue weighted by molar-refractivity contribution is -0.122. The average Bonchev–Trinajstić information content (AvgIpc) is 2.61. The molecule has 0 saturated heterocycles. The Labute approximate surface area is 146 Å². The van der Waals surface area contributed by atoms with Gasteiger partial charge < -0.3 is 15.4 Å². The van der Waals surface area contributed by atoms with Crippen LogP contribution in [0.1, 0.15) is 22.8 Å². The highest BCUT2D eigenvalue weighted by Gasteiger charge is 2.06. The molecule has 2 rings (SSSR count). The summed E-state index contributed by atoms with van der Waals surface area (Å²) in [5, 5.41) is 5.42. The summed E-state index contributed by atoms with van der Waals surface area (Å²) in [4.78, 5) is 23.4. The van der Waals surface area contributed by atoms with Crippen molar-refractivity contribution in [3.63, 3.8) is 0 Å². The molecule has 0 spiro atoms. The number of ether oxygens (including phenoxy) is 1. The minimum absolute atomic E-state index is 0.0625. The molecule has 0 bridgehead atoms. The van der Waals surface area contributed by atoms with Crippen molar-refractivity contribution in [3.8, 4) is 5.75 Å². The maximum Gasteiger partial charge on any atom is 0.257 e. The Bertz CT molecular complexity index is 717. The molecule has 5 nitrogen and oxygen atoms in total. The first kappa shape index (κ1) is 18.4. The second-order valence-electron chi connectivity index (χ2n) is 5.40. The lowest BCUT2D eigenvalue weighted by Gasteiger charge is -2.08. The van der Waals surface area contributed by atoms with E-state index in [1.54, 1.807) is 30.3 Å². The van der Waals surface area contributed by atoms with Crippen LogP contribution in [-0.2, 0) is 11.2 Å². The van der Waals surface area contributed by atoms with Gasteiger partial charge in [0.05, 0.1) is 0 Å². The molecule has 132 valence electrons. The molecule has 0 atom stereocenters. The predicted octanol–water partition coefficient (Wildman–Crippen LogP) is 2.31. The minimum Gasteiger partial charge on any atom is -0.484 e. The molecule has 6 heteroatoms. The van der Waals surface area contributed by atoms with Crippen LogP contribution in [0, 0.1) is 5.82 Å². The van der Waals surface area contributed by atoms with Crippen LogP contribution in [0.3, 0.4) is 0 Å². The van der Waals surface area contributed by atoms with Gasteiger partial charge in [-0.15, -0.1) is 0 Å². The van der Waals surface area contributed by atoms with Crippen molar-refractivity contribution < 1.29 is 18.7 Å². The molecule has 0 aliphatic rings. The number of likely N-dealkylation sites (N-methyl/N-ethyl adjacent to an activating group) is 1. The molecule has 0 fully saturated rings. The Hall–Kier alpha value is -2.89. The van der Waals surface area contributed by atoms with E-state index >= 15 is 0 Å². The van der Waals surface area contributed by atoms with Crippen LogP contribution in [-0.4, -0.2) is 31.5 Å². The van der Waals surface area contributed by atoms with Gasteiger partial charge in [-0.25, -0.2) is 4.39 Å². The molecule has 0 aliphatic heterocycles. The van der Waals surface area contributed by atoms with E-state index < -0.39 is 0 Å². The van der Waals surface area contributed by atoms with Gasteiger partial charge in [0.1, 0.15) is 11.6 Å². The number of hydrogen-bond acceptors (Lipinski definition) is 3. The van der Waals surface area contributed by atoms with E-state index in [0.29, 0.717) is 30.8 Å². The highest BCUT2D eigenvalue weighted by Crippen LogP contribution is 2.12. The number of nitrogens with one attached hydrogen (secondary N) is 2. The Balaban J connectivity index is 1.78. The van der Waals surface area contributed by atoms with Crippen LogP contribution in [0.4, 0.5) is 4.39 Å². The summed E-state index contributed by atoms with van der Waals surface area (Å²) >= 11 is 0. The summed E-state index contributed by atoms with van der Waals surface area (Å²) in [6, 6.07) is 12.8. The van der Waals surface area contributed by atoms with Gasteiger partial charge in [-0.05, 0) is 55.3 Å². The zero-order valence-corrected chi connectivity index (χ0v) is 14.0. The van der Waals surface area contributed by atoms with Gasteiger partial charge in [0.15, 0.2) is 6.61 Å². The Kier molecular flexibility index (Phi) is 6.95. The van der Waals surface area contributed by atoms with Gasteiger partial charge in [0.2, 0.25) is 0 Å². The maximum absolute atomic E-state index is 13.1. The van der Waals surface area contributed by atoms with E-state index in [0.717, 1.165) is 5.56 Å². The fraction of sp³-hybridized carbons (Fsp3) is 0.263. The summed E-state index contributed by atoms with van der Waals surface area (Å²) < 4.78 is 18.4. The van der Waals surface area contributed by atoms with E-state index in [1.807, 2.05) is 13.0 Å². The molecule has 0 radical (unpaired) electrons. The molecule has 2 aromatic carbocycles. The van der Waals surface area contributed by atoms with Crippen LogP contribution in [0.2, 0.25) is 0 Å². The normalized spacial score (nSPS) is 10.2. The standard InChI is InChI=1S/C19H21FN2O3/c1-2-21-18(23)13-25-17-8-6-15(7-9-17)19(24)22-11-10-14-4-3-5-16(20)12-14/h3-9,12H,2,10-11,13H2,1H3,(H,21,23)(H,22,24). The topological polar surface area (TPSA) is 67.4 Å². The molecule has 2 aromatic rings. The highest BCUT2D eigenvalue weighted by atomic mass is 19.1. The van der Waals surface area contributed by atoms with Crippen LogP contribution < -0.4 is 15.4 Å².